The summed E-state index contributed by atoms with van der Waals surface area (Å²) in [6.07, 6.45) is 8.20. The molecule has 1 aromatic rings. The van der Waals surface area contributed by atoms with Crippen molar-refractivity contribution in [1.82, 2.24) is 0 Å². The van der Waals surface area contributed by atoms with Gasteiger partial charge in [0.15, 0.2) is 0 Å². The quantitative estimate of drug-likeness (QED) is 0.328. The molecule has 3 rings (SSSR count). The molecule has 0 saturated heterocycles. The van der Waals surface area contributed by atoms with Gasteiger partial charge in [0.05, 0.1) is 0 Å². The molecular weight excluding hydrogens is 411 g/mol. The van der Waals surface area contributed by atoms with Gasteiger partial charge in [0.2, 0.25) is 0 Å². The van der Waals surface area contributed by atoms with Crippen LogP contribution in [-0.2, 0) is 6.42 Å². The van der Waals surface area contributed by atoms with Crippen LogP contribution in [0.1, 0.15) is 63.5 Å². The molecule has 0 amide bonds. The number of aromatic hydroxyl groups is 1. The molecule has 0 fully saturated rings. The Labute approximate surface area is 156 Å². The van der Waals surface area contributed by atoms with Crippen molar-refractivity contribution in [2.24, 2.45) is 5.92 Å². The number of phenolic OH excluding ortho intramolecular Hbond substituents is 1. The minimum atomic E-state index is -0.174. The molecule has 0 spiro atoms. The fourth-order valence-electron chi connectivity index (χ4n) is 4.28. The third kappa shape index (κ3) is 3.61. The summed E-state index contributed by atoms with van der Waals surface area (Å²) in [6.45, 7) is 6.62. The summed E-state index contributed by atoms with van der Waals surface area (Å²) in [5.74, 6) is 2.07. The van der Waals surface area contributed by atoms with E-state index in [-0.39, 0.29) is 11.5 Å². The Balaban J connectivity index is 1.91. The SMILES string of the molecule is C[I-]CCCCc1cc(O)c2c(c1)OC(C)(C)[C@@H]1CCC(C)=C[C@@H]21. The molecule has 0 radical (unpaired) electrons. The van der Waals surface area contributed by atoms with Crippen LogP contribution in [0.25, 0.3) is 0 Å². The first-order valence-electron chi connectivity index (χ1n) is 9.08. The number of aryl methyl sites for hydroxylation is 1. The summed E-state index contributed by atoms with van der Waals surface area (Å²) in [5, 5.41) is 10.7. The number of hydrogen-bond donors (Lipinski definition) is 1. The Bertz CT molecular complexity index is 633. The Morgan fingerprint density at radius 3 is 2.83 bits per heavy atom. The molecule has 2 aliphatic rings. The molecule has 24 heavy (non-hydrogen) atoms. The third-order valence-electron chi connectivity index (χ3n) is 5.56. The topological polar surface area (TPSA) is 29.5 Å². The number of ether oxygens (including phenoxy) is 1. The van der Waals surface area contributed by atoms with Crippen molar-refractivity contribution in [2.75, 3.05) is 9.36 Å². The van der Waals surface area contributed by atoms with Crippen molar-refractivity contribution in [2.45, 2.75) is 64.4 Å². The van der Waals surface area contributed by atoms with Crippen LogP contribution < -0.4 is 25.9 Å². The summed E-state index contributed by atoms with van der Waals surface area (Å²) in [5.41, 5.74) is 3.49. The van der Waals surface area contributed by atoms with Crippen molar-refractivity contribution in [3.63, 3.8) is 0 Å². The molecule has 2 nitrogen and oxygen atoms in total. The molecule has 0 saturated carbocycles. The molecule has 1 aromatic carbocycles. The number of rotatable bonds is 5. The average Bonchev–Trinajstić information content (AvgIpc) is 2.50. The van der Waals surface area contributed by atoms with Crippen LogP contribution in [-0.4, -0.2) is 20.1 Å². The van der Waals surface area contributed by atoms with Crippen molar-refractivity contribution in [1.29, 1.82) is 0 Å². The van der Waals surface area contributed by atoms with E-state index >= 15 is 0 Å². The molecule has 1 aliphatic carbocycles. The first kappa shape index (κ1) is 18.1. The predicted octanol–water partition coefficient (Wildman–Crippen LogP) is 2.04. The molecule has 2 atom stereocenters. The van der Waals surface area contributed by atoms with Crippen LogP contribution in [0.15, 0.2) is 23.8 Å². The van der Waals surface area contributed by atoms with E-state index in [2.05, 4.69) is 37.8 Å². The normalized spacial score (nSPS) is 24.8. The number of benzene rings is 1. The van der Waals surface area contributed by atoms with Crippen LogP contribution in [0.2, 0.25) is 0 Å². The van der Waals surface area contributed by atoms with E-state index in [0.29, 0.717) is 32.9 Å². The molecule has 1 N–H and O–H groups in total. The standard InChI is InChI=1S/C21H30IO2/c1-14-8-9-17-16(11-14)20-18(23)12-15(7-5-6-10-22-4)13-19(20)24-21(17,2)3/h11-13,16-17,23H,5-10H2,1-4H3/q-1/t16-,17-/m1/s1. The molecular formula is C21H30IO2-. The first-order valence-corrected chi connectivity index (χ1v) is 12.8. The minimum absolute atomic E-state index is 0.174. The van der Waals surface area contributed by atoms with Gasteiger partial charge in [-0.05, 0) is 0 Å². The van der Waals surface area contributed by atoms with Crippen LogP contribution in [0.5, 0.6) is 11.5 Å². The van der Waals surface area contributed by atoms with E-state index < -0.39 is 0 Å². The van der Waals surface area contributed by atoms with E-state index in [1.807, 2.05) is 6.07 Å². The molecule has 1 heterocycles. The Hall–Kier alpha value is -0.710. The second kappa shape index (κ2) is 7.27. The van der Waals surface area contributed by atoms with Crippen molar-refractivity contribution in [3.05, 3.63) is 34.9 Å². The summed E-state index contributed by atoms with van der Waals surface area (Å²) in [7, 11) is 0. The number of fused-ring (bicyclic) bond motifs is 3. The zero-order valence-corrected chi connectivity index (χ0v) is 17.5. The Morgan fingerprint density at radius 2 is 2.08 bits per heavy atom. The zero-order chi connectivity index (χ0) is 17.3. The maximum absolute atomic E-state index is 10.7. The van der Waals surface area contributed by atoms with Gasteiger partial charge >= 0.3 is 157 Å². The van der Waals surface area contributed by atoms with Gasteiger partial charge in [0.1, 0.15) is 0 Å². The van der Waals surface area contributed by atoms with Crippen molar-refractivity contribution < 1.29 is 31.0 Å². The monoisotopic (exact) mass is 441 g/mol. The zero-order valence-electron chi connectivity index (χ0n) is 15.4. The summed E-state index contributed by atoms with van der Waals surface area (Å²) >= 11 is 0.403. The number of unbranched alkanes of at least 4 members (excludes halogenated alkanes) is 1. The predicted molar refractivity (Wildman–Crippen MR) is 95.8 cm³/mol. The van der Waals surface area contributed by atoms with Gasteiger partial charge in [-0.1, -0.05) is 0 Å². The first-order chi connectivity index (χ1) is 11.4. The number of hydrogen-bond acceptors (Lipinski definition) is 2. The Morgan fingerprint density at radius 1 is 1.29 bits per heavy atom. The number of halogens is 1. The molecule has 0 aromatic heterocycles. The van der Waals surface area contributed by atoms with E-state index in [4.69, 9.17) is 4.74 Å². The van der Waals surface area contributed by atoms with E-state index in [0.717, 1.165) is 30.6 Å². The van der Waals surface area contributed by atoms with Gasteiger partial charge in [-0.15, -0.1) is 0 Å². The van der Waals surface area contributed by atoms with Gasteiger partial charge in [-0.25, -0.2) is 0 Å². The number of phenols is 1. The van der Waals surface area contributed by atoms with Crippen molar-refractivity contribution in [3.8, 4) is 11.5 Å². The summed E-state index contributed by atoms with van der Waals surface area (Å²) < 4.78 is 7.79. The van der Waals surface area contributed by atoms with Gasteiger partial charge in [-0.3, -0.25) is 0 Å². The molecule has 1 aliphatic heterocycles. The van der Waals surface area contributed by atoms with Gasteiger partial charge in [0, 0.05) is 0 Å². The summed E-state index contributed by atoms with van der Waals surface area (Å²) in [6, 6.07) is 4.17. The molecule has 3 heteroatoms. The Kier molecular flexibility index (Phi) is 5.48. The van der Waals surface area contributed by atoms with Gasteiger partial charge < -0.3 is 0 Å². The second-order valence-corrected chi connectivity index (χ2v) is 10.4. The fraction of sp³-hybridized carbons (Fsp3) is 0.619. The van der Waals surface area contributed by atoms with Gasteiger partial charge in [-0.2, -0.15) is 0 Å². The van der Waals surface area contributed by atoms with E-state index in [1.165, 1.54) is 28.4 Å². The molecule has 0 bridgehead atoms. The molecule has 0 unspecified atom stereocenters. The average molecular weight is 441 g/mol. The second-order valence-electron chi connectivity index (χ2n) is 7.83. The molecule has 134 valence electrons. The maximum atomic E-state index is 10.7. The third-order valence-corrected chi connectivity index (χ3v) is 7.41. The van der Waals surface area contributed by atoms with E-state index in [1.54, 1.807) is 0 Å². The van der Waals surface area contributed by atoms with E-state index in [9.17, 15) is 5.11 Å². The van der Waals surface area contributed by atoms with Crippen LogP contribution >= 0.6 is 0 Å². The van der Waals surface area contributed by atoms with Gasteiger partial charge in [0.25, 0.3) is 0 Å². The van der Waals surface area contributed by atoms with Crippen LogP contribution in [0, 0.1) is 5.92 Å². The summed E-state index contributed by atoms with van der Waals surface area (Å²) in [4.78, 5) is 2.34. The fourth-order valence-corrected chi connectivity index (χ4v) is 5.58. The number of allylic oxidation sites excluding steroid dienone is 2. The van der Waals surface area contributed by atoms with Crippen LogP contribution in [0.4, 0.5) is 0 Å². The van der Waals surface area contributed by atoms with Crippen LogP contribution in [0.3, 0.4) is 0 Å². The number of alkyl halides is 2. The van der Waals surface area contributed by atoms with Crippen molar-refractivity contribution >= 4 is 0 Å².